The molecule has 0 radical (unpaired) electrons. The van der Waals surface area contributed by atoms with E-state index >= 15 is 0 Å². The number of carbonyl (C=O) groups excluding carboxylic acids is 2. The molecule has 3 aromatic rings. The first-order chi connectivity index (χ1) is 20.0. The maximum absolute atomic E-state index is 13.8. The van der Waals surface area contributed by atoms with Crippen LogP contribution in [0.3, 0.4) is 0 Å². The van der Waals surface area contributed by atoms with Crippen molar-refractivity contribution in [2.24, 2.45) is 0 Å². The van der Waals surface area contributed by atoms with Crippen molar-refractivity contribution >= 4 is 46.9 Å². The summed E-state index contributed by atoms with van der Waals surface area (Å²) in [6.45, 7) is 7.44. The van der Waals surface area contributed by atoms with Crippen LogP contribution in [-0.2, 0) is 11.2 Å². The first-order valence-corrected chi connectivity index (χ1v) is 14.8. The van der Waals surface area contributed by atoms with Crippen LogP contribution >= 0.6 is 23.2 Å². The van der Waals surface area contributed by atoms with Crippen molar-refractivity contribution in [2.45, 2.75) is 52.1 Å². The van der Waals surface area contributed by atoms with Gasteiger partial charge in [0.25, 0.3) is 5.91 Å². The average molecular weight is 615 g/mol. The zero-order chi connectivity index (χ0) is 30.0. The van der Waals surface area contributed by atoms with Crippen LogP contribution in [0.25, 0.3) is 17.3 Å². The number of carbonyl (C=O) groups is 2. The molecule has 2 aliphatic rings. The number of piperidine rings is 1. The minimum atomic E-state index is -0.690. The second kappa shape index (κ2) is 12.5. The van der Waals surface area contributed by atoms with Crippen molar-refractivity contribution < 1.29 is 18.7 Å². The standard InChI is InChI=1S/C31H34Cl2FN5O3/c1-31(2,3)42-30(41)37-16-13-24-27(29(40)36-38-14-5-4-6-15-38)35-39(26-12-9-22(32)18-25(26)33)28(24)21(19-37)17-20-7-10-23(34)11-8-20/h7-12,17-18H,4-6,13-16,19H2,1-3H3,(H,36,40)/b21-17+. The summed E-state index contributed by atoms with van der Waals surface area (Å²) in [7, 11) is 0. The van der Waals surface area contributed by atoms with E-state index in [1.54, 1.807) is 39.9 Å². The molecule has 1 saturated heterocycles. The molecule has 0 unspecified atom stereocenters. The van der Waals surface area contributed by atoms with Crippen LogP contribution < -0.4 is 5.43 Å². The molecule has 0 spiro atoms. The van der Waals surface area contributed by atoms with Crippen LogP contribution in [0.15, 0.2) is 42.5 Å². The number of hydrazine groups is 1. The third-order valence-electron chi connectivity index (χ3n) is 7.11. The Labute approximate surface area is 255 Å². The number of benzene rings is 2. The van der Waals surface area contributed by atoms with Gasteiger partial charge in [-0.3, -0.25) is 10.2 Å². The monoisotopic (exact) mass is 613 g/mol. The van der Waals surface area contributed by atoms with E-state index in [0.29, 0.717) is 45.5 Å². The molecule has 0 aliphatic carbocycles. The Morgan fingerprint density at radius 2 is 1.74 bits per heavy atom. The van der Waals surface area contributed by atoms with E-state index in [4.69, 9.17) is 33.0 Å². The summed E-state index contributed by atoms with van der Waals surface area (Å²) >= 11 is 12.9. The Balaban J connectivity index is 1.66. The van der Waals surface area contributed by atoms with E-state index < -0.39 is 11.7 Å². The Hall–Kier alpha value is -3.40. The summed E-state index contributed by atoms with van der Waals surface area (Å²) in [6, 6.07) is 11.1. The lowest BCUT2D eigenvalue weighted by Crippen LogP contribution is -2.45. The molecule has 0 saturated carbocycles. The van der Waals surface area contributed by atoms with E-state index in [1.807, 2.05) is 31.9 Å². The number of ether oxygens (including phenoxy) is 1. The summed E-state index contributed by atoms with van der Waals surface area (Å²) in [6.07, 6.45) is 4.88. The topological polar surface area (TPSA) is 79.7 Å². The predicted molar refractivity (Wildman–Crippen MR) is 162 cm³/mol. The molecule has 11 heteroatoms. The second-order valence-corrected chi connectivity index (χ2v) is 12.4. The smallest absolute Gasteiger partial charge is 0.410 e. The van der Waals surface area contributed by atoms with Crippen LogP contribution in [0.4, 0.5) is 9.18 Å². The van der Waals surface area contributed by atoms with Gasteiger partial charge in [0.05, 0.1) is 22.9 Å². The molecule has 0 bridgehead atoms. The second-order valence-electron chi connectivity index (χ2n) is 11.5. The van der Waals surface area contributed by atoms with Crippen molar-refractivity contribution in [3.63, 3.8) is 0 Å². The predicted octanol–water partition coefficient (Wildman–Crippen LogP) is 6.78. The minimum absolute atomic E-state index is 0.170. The molecule has 1 N–H and O–H groups in total. The molecule has 2 aliphatic heterocycles. The number of hydrogen-bond donors (Lipinski definition) is 1. The van der Waals surface area contributed by atoms with Gasteiger partial charge in [-0.2, -0.15) is 5.10 Å². The normalized spacial score (nSPS) is 17.1. The molecule has 2 aromatic carbocycles. The average Bonchev–Trinajstić information content (AvgIpc) is 3.20. The number of halogens is 3. The minimum Gasteiger partial charge on any atom is -0.444 e. The molecule has 1 fully saturated rings. The van der Waals surface area contributed by atoms with Gasteiger partial charge >= 0.3 is 6.09 Å². The highest BCUT2D eigenvalue weighted by molar-refractivity contribution is 6.35. The molecule has 222 valence electrons. The molecule has 1 aromatic heterocycles. The van der Waals surface area contributed by atoms with E-state index in [0.717, 1.165) is 37.9 Å². The van der Waals surface area contributed by atoms with Gasteiger partial charge in [-0.15, -0.1) is 0 Å². The highest BCUT2D eigenvalue weighted by Crippen LogP contribution is 2.35. The van der Waals surface area contributed by atoms with Gasteiger partial charge in [0.2, 0.25) is 0 Å². The molecule has 2 amide bonds. The van der Waals surface area contributed by atoms with Gasteiger partial charge in [0, 0.05) is 30.2 Å². The highest BCUT2D eigenvalue weighted by atomic mass is 35.5. The van der Waals surface area contributed by atoms with Crippen LogP contribution in [-0.4, -0.2) is 63.5 Å². The van der Waals surface area contributed by atoms with E-state index in [9.17, 15) is 14.0 Å². The fourth-order valence-corrected chi connectivity index (χ4v) is 5.68. The van der Waals surface area contributed by atoms with Crippen LogP contribution in [0.5, 0.6) is 0 Å². The third kappa shape index (κ3) is 6.97. The van der Waals surface area contributed by atoms with Gasteiger partial charge < -0.3 is 9.64 Å². The Morgan fingerprint density at radius 1 is 1.02 bits per heavy atom. The van der Waals surface area contributed by atoms with Crippen LogP contribution in [0.1, 0.15) is 67.3 Å². The summed E-state index contributed by atoms with van der Waals surface area (Å²) in [5.41, 5.74) is 5.84. The van der Waals surface area contributed by atoms with Crippen molar-refractivity contribution in [3.05, 3.63) is 80.8 Å². The van der Waals surface area contributed by atoms with Crippen LogP contribution in [0, 0.1) is 5.82 Å². The summed E-state index contributed by atoms with van der Waals surface area (Å²) in [4.78, 5) is 28.6. The quantitative estimate of drug-likeness (QED) is 0.351. The van der Waals surface area contributed by atoms with E-state index in [-0.39, 0.29) is 24.0 Å². The van der Waals surface area contributed by atoms with Crippen molar-refractivity contribution in [1.29, 1.82) is 0 Å². The Kier molecular flexibility index (Phi) is 8.92. The first kappa shape index (κ1) is 30.1. The Bertz CT molecular complexity index is 1510. The molecule has 42 heavy (non-hydrogen) atoms. The van der Waals surface area contributed by atoms with Gasteiger partial charge in [-0.1, -0.05) is 41.8 Å². The molecule has 5 rings (SSSR count). The lowest BCUT2D eigenvalue weighted by molar-refractivity contribution is 0.0279. The van der Waals surface area contributed by atoms with Crippen molar-refractivity contribution in [2.75, 3.05) is 26.2 Å². The number of nitrogens with zero attached hydrogens (tertiary/aromatic N) is 4. The lowest BCUT2D eigenvalue weighted by atomic mass is 10.0. The highest BCUT2D eigenvalue weighted by Gasteiger charge is 2.33. The SMILES string of the molecule is CC(C)(C)OC(=O)N1CCc2c(C(=O)NN3CCCCC3)nn(-c3ccc(Cl)cc3Cl)c2/C(=C/c2ccc(F)cc2)C1. The number of aromatic nitrogens is 2. The summed E-state index contributed by atoms with van der Waals surface area (Å²) in [5.74, 6) is -0.687. The zero-order valence-electron chi connectivity index (χ0n) is 23.9. The molecular weight excluding hydrogens is 580 g/mol. The number of hydrogen-bond acceptors (Lipinski definition) is 5. The van der Waals surface area contributed by atoms with Crippen molar-refractivity contribution in [1.82, 2.24) is 25.1 Å². The van der Waals surface area contributed by atoms with Gasteiger partial charge in [0.15, 0.2) is 5.69 Å². The van der Waals surface area contributed by atoms with Gasteiger partial charge in [-0.05, 0) is 87.6 Å². The lowest BCUT2D eigenvalue weighted by Gasteiger charge is -2.27. The van der Waals surface area contributed by atoms with Gasteiger partial charge in [-0.25, -0.2) is 18.9 Å². The van der Waals surface area contributed by atoms with Crippen LogP contribution in [0.2, 0.25) is 10.0 Å². The maximum atomic E-state index is 13.8. The third-order valence-corrected chi connectivity index (χ3v) is 7.65. The largest absolute Gasteiger partial charge is 0.444 e. The van der Waals surface area contributed by atoms with Gasteiger partial charge in [0.1, 0.15) is 11.4 Å². The Morgan fingerprint density at radius 3 is 2.40 bits per heavy atom. The fraction of sp³-hybridized carbons (Fsp3) is 0.387. The molecular formula is C31H34Cl2FN5O3. The zero-order valence-corrected chi connectivity index (χ0v) is 25.4. The molecule has 8 nitrogen and oxygen atoms in total. The summed E-state index contributed by atoms with van der Waals surface area (Å²) in [5, 5.41) is 7.55. The summed E-state index contributed by atoms with van der Waals surface area (Å²) < 4.78 is 21.1. The first-order valence-electron chi connectivity index (χ1n) is 14.1. The van der Waals surface area contributed by atoms with E-state index in [1.165, 1.54) is 12.1 Å². The maximum Gasteiger partial charge on any atom is 0.410 e. The van der Waals surface area contributed by atoms with E-state index in [2.05, 4.69) is 5.43 Å². The number of nitrogens with one attached hydrogen (secondary N) is 1. The number of rotatable bonds is 4. The number of amides is 2. The fourth-order valence-electron chi connectivity index (χ4n) is 5.19. The molecule has 0 atom stereocenters. The molecule has 3 heterocycles. The number of fused-ring (bicyclic) bond motifs is 1. The van der Waals surface area contributed by atoms with Crippen molar-refractivity contribution in [3.8, 4) is 5.69 Å².